The van der Waals surface area contributed by atoms with Crippen LogP contribution < -0.4 is 16.2 Å². The monoisotopic (exact) mass is 413 g/mol. The quantitative estimate of drug-likeness (QED) is 0.483. The van der Waals surface area contributed by atoms with Crippen molar-refractivity contribution in [1.29, 1.82) is 0 Å². The SMILES string of the molecule is COc1cccc2c(-c3nc(-c4c(N)cccc4N)ncc3C(F)(F)F)cn(C)c12. The second kappa shape index (κ2) is 6.94. The summed E-state index contributed by atoms with van der Waals surface area (Å²) in [5, 5.41) is 0.570. The summed E-state index contributed by atoms with van der Waals surface area (Å²) in [6, 6.07) is 10.0. The molecule has 2 heterocycles. The minimum Gasteiger partial charge on any atom is -0.495 e. The molecule has 154 valence electrons. The van der Waals surface area contributed by atoms with E-state index in [1.807, 2.05) is 0 Å². The van der Waals surface area contributed by atoms with E-state index in [-0.39, 0.29) is 22.9 Å². The normalized spacial score (nSPS) is 11.8. The van der Waals surface area contributed by atoms with Crippen LogP contribution in [-0.4, -0.2) is 21.6 Å². The third-order valence-electron chi connectivity index (χ3n) is 4.89. The molecule has 0 saturated carbocycles. The molecule has 4 aromatic rings. The molecule has 6 nitrogen and oxygen atoms in total. The lowest BCUT2D eigenvalue weighted by atomic mass is 10.0. The highest BCUT2D eigenvalue weighted by atomic mass is 19.4. The van der Waals surface area contributed by atoms with E-state index in [4.69, 9.17) is 16.2 Å². The average Bonchev–Trinajstić information content (AvgIpc) is 3.04. The van der Waals surface area contributed by atoms with Crippen molar-refractivity contribution in [3.05, 3.63) is 54.4 Å². The zero-order chi connectivity index (χ0) is 21.6. The van der Waals surface area contributed by atoms with Crippen molar-refractivity contribution in [2.24, 2.45) is 7.05 Å². The van der Waals surface area contributed by atoms with Crippen LogP contribution in [0.15, 0.2) is 48.8 Å². The van der Waals surface area contributed by atoms with Gasteiger partial charge < -0.3 is 20.8 Å². The van der Waals surface area contributed by atoms with Gasteiger partial charge in [-0.05, 0) is 18.2 Å². The highest BCUT2D eigenvalue weighted by molar-refractivity contribution is 5.99. The average molecular weight is 413 g/mol. The second-order valence-corrected chi connectivity index (χ2v) is 6.78. The van der Waals surface area contributed by atoms with Crippen molar-refractivity contribution in [2.75, 3.05) is 18.6 Å². The molecule has 2 aromatic heterocycles. The number of aromatic nitrogens is 3. The van der Waals surface area contributed by atoms with Crippen LogP contribution in [-0.2, 0) is 13.2 Å². The van der Waals surface area contributed by atoms with E-state index >= 15 is 0 Å². The summed E-state index contributed by atoms with van der Waals surface area (Å²) in [7, 11) is 3.24. The van der Waals surface area contributed by atoms with Crippen LogP contribution in [0.4, 0.5) is 24.5 Å². The Morgan fingerprint density at radius 2 is 1.70 bits per heavy atom. The van der Waals surface area contributed by atoms with Crippen LogP contribution in [0.5, 0.6) is 5.75 Å². The predicted molar refractivity (Wildman–Crippen MR) is 110 cm³/mol. The highest BCUT2D eigenvalue weighted by Gasteiger charge is 2.36. The van der Waals surface area contributed by atoms with Gasteiger partial charge in [0.15, 0.2) is 5.82 Å². The van der Waals surface area contributed by atoms with E-state index < -0.39 is 11.7 Å². The van der Waals surface area contributed by atoms with Gasteiger partial charge in [-0.1, -0.05) is 18.2 Å². The Labute approximate surface area is 169 Å². The maximum atomic E-state index is 13.8. The fraction of sp³-hybridized carbons (Fsp3) is 0.143. The third kappa shape index (κ3) is 3.08. The number of ether oxygens (including phenoxy) is 1. The van der Waals surface area contributed by atoms with E-state index in [1.54, 1.807) is 54.2 Å². The van der Waals surface area contributed by atoms with Gasteiger partial charge in [0.05, 0.1) is 23.9 Å². The lowest BCUT2D eigenvalue weighted by Gasteiger charge is -2.14. The van der Waals surface area contributed by atoms with Crippen molar-refractivity contribution in [2.45, 2.75) is 6.18 Å². The molecular weight excluding hydrogens is 395 g/mol. The maximum absolute atomic E-state index is 13.8. The molecule has 9 heteroatoms. The number of anilines is 2. The molecule has 0 spiro atoms. The Morgan fingerprint density at radius 3 is 2.33 bits per heavy atom. The minimum absolute atomic E-state index is 0.0218. The molecule has 0 radical (unpaired) electrons. The molecule has 0 bridgehead atoms. The van der Waals surface area contributed by atoms with Gasteiger partial charge in [-0.15, -0.1) is 0 Å². The summed E-state index contributed by atoms with van der Waals surface area (Å²) in [5.74, 6) is 0.564. The van der Waals surface area contributed by atoms with Crippen LogP contribution in [0.2, 0.25) is 0 Å². The number of benzene rings is 2. The number of para-hydroxylation sites is 1. The predicted octanol–water partition coefficient (Wildman–Crippen LogP) is 4.49. The number of nitrogen functional groups attached to an aromatic ring is 2. The topological polar surface area (TPSA) is 92.0 Å². The van der Waals surface area contributed by atoms with E-state index in [2.05, 4.69) is 9.97 Å². The molecule has 0 fully saturated rings. The standard InChI is InChI=1S/C21H18F3N5O/c1-29-10-12(11-5-3-8-16(30-2)19(11)29)18-13(21(22,23)24)9-27-20(28-18)17-14(25)6-4-7-15(17)26/h3-10H,25-26H2,1-2H3. The fourth-order valence-electron chi connectivity index (χ4n) is 3.55. The van der Waals surface area contributed by atoms with Gasteiger partial charge in [0.2, 0.25) is 0 Å². The number of alkyl halides is 3. The molecule has 0 amide bonds. The molecule has 0 atom stereocenters. The lowest BCUT2D eigenvalue weighted by molar-refractivity contribution is -0.137. The maximum Gasteiger partial charge on any atom is 0.419 e. The summed E-state index contributed by atoms with van der Waals surface area (Å²) >= 11 is 0. The van der Waals surface area contributed by atoms with Crippen molar-refractivity contribution in [3.63, 3.8) is 0 Å². The zero-order valence-corrected chi connectivity index (χ0v) is 16.2. The third-order valence-corrected chi connectivity index (χ3v) is 4.89. The molecule has 0 aliphatic heterocycles. The number of halogens is 3. The minimum atomic E-state index is -4.65. The molecular formula is C21H18F3N5O. The first kappa shape index (κ1) is 19.6. The Morgan fingerprint density at radius 1 is 1.03 bits per heavy atom. The zero-order valence-electron chi connectivity index (χ0n) is 16.2. The van der Waals surface area contributed by atoms with Crippen LogP contribution in [0.3, 0.4) is 0 Å². The van der Waals surface area contributed by atoms with E-state index in [0.29, 0.717) is 27.8 Å². The van der Waals surface area contributed by atoms with E-state index in [0.717, 1.165) is 6.20 Å². The number of methoxy groups -OCH3 is 1. The van der Waals surface area contributed by atoms with Crippen molar-refractivity contribution in [1.82, 2.24) is 14.5 Å². The van der Waals surface area contributed by atoms with Crippen LogP contribution in [0.25, 0.3) is 33.5 Å². The Hall–Kier alpha value is -3.75. The summed E-state index contributed by atoms with van der Waals surface area (Å²) in [5.41, 5.74) is 12.6. The van der Waals surface area contributed by atoms with Crippen molar-refractivity contribution < 1.29 is 17.9 Å². The summed E-state index contributed by atoms with van der Waals surface area (Å²) in [4.78, 5) is 8.20. The van der Waals surface area contributed by atoms with Crippen molar-refractivity contribution >= 4 is 22.3 Å². The number of nitrogens with zero attached hydrogens (tertiary/aromatic N) is 3. The van der Waals surface area contributed by atoms with E-state index in [9.17, 15) is 13.2 Å². The number of hydrogen-bond acceptors (Lipinski definition) is 5. The summed E-state index contributed by atoms with van der Waals surface area (Å²) in [6.45, 7) is 0. The summed E-state index contributed by atoms with van der Waals surface area (Å²) < 4.78 is 48.5. The van der Waals surface area contributed by atoms with Crippen LogP contribution in [0.1, 0.15) is 5.56 Å². The van der Waals surface area contributed by atoms with Gasteiger partial charge in [-0.25, -0.2) is 9.97 Å². The number of nitrogens with two attached hydrogens (primary N) is 2. The Balaban J connectivity index is 2.05. The lowest BCUT2D eigenvalue weighted by Crippen LogP contribution is -2.11. The molecule has 0 unspecified atom stereocenters. The second-order valence-electron chi connectivity index (χ2n) is 6.78. The van der Waals surface area contributed by atoms with Gasteiger partial charge in [0.25, 0.3) is 0 Å². The molecule has 30 heavy (non-hydrogen) atoms. The number of rotatable bonds is 3. The molecule has 2 aromatic carbocycles. The molecule has 4 rings (SSSR count). The van der Waals surface area contributed by atoms with E-state index in [1.165, 1.54) is 7.11 Å². The fourth-order valence-corrected chi connectivity index (χ4v) is 3.55. The number of hydrogen-bond donors (Lipinski definition) is 2. The van der Waals surface area contributed by atoms with Gasteiger partial charge in [0.1, 0.15) is 11.3 Å². The van der Waals surface area contributed by atoms with Gasteiger partial charge >= 0.3 is 6.18 Å². The Bertz CT molecular complexity index is 1240. The smallest absolute Gasteiger partial charge is 0.419 e. The number of fused-ring (bicyclic) bond motifs is 1. The molecule has 0 saturated heterocycles. The summed E-state index contributed by atoms with van der Waals surface area (Å²) in [6.07, 6.45) is -2.29. The first-order chi connectivity index (χ1) is 14.2. The largest absolute Gasteiger partial charge is 0.495 e. The van der Waals surface area contributed by atoms with Gasteiger partial charge in [-0.2, -0.15) is 13.2 Å². The van der Waals surface area contributed by atoms with Gasteiger partial charge in [0, 0.05) is 41.8 Å². The molecule has 0 aliphatic rings. The molecule has 4 N–H and O–H groups in total. The first-order valence-corrected chi connectivity index (χ1v) is 8.93. The number of aryl methyl sites for hydroxylation is 1. The van der Waals surface area contributed by atoms with Gasteiger partial charge in [-0.3, -0.25) is 0 Å². The molecule has 0 aliphatic carbocycles. The van der Waals surface area contributed by atoms with Crippen LogP contribution >= 0.6 is 0 Å². The highest BCUT2D eigenvalue weighted by Crippen LogP contribution is 2.42. The van der Waals surface area contributed by atoms with Crippen LogP contribution in [0, 0.1) is 0 Å². The Kier molecular flexibility index (Phi) is 4.53. The van der Waals surface area contributed by atoms with Crippen molar-refractivity contribution in [3.8, 4) is 28.4 Å². The first-order valence-electron chi connectivity index (χ1n) is 8.93.